The summed E-state index contributed by atoms with van der Waals surface area (Å²) in [6.07, 6.45) is 4.54. The van der Waals surface area contributed by atoms with Gasteiger partial charge >= 0.3 is 0 Å². The first-order valence-electron chi connectivity index (χ1n) is 6.53. The number of likely N-dealkylation sites (tertiary alicyclic amines) is 1. The van der Waals surface area contributed by atoms with Crippen LogP contribution >= 0.6 is 11.3 Å². The quantitative estimate of drug-likeness (QED) is 0.787. The van der Waals surface area contributed by atoms with Crippen LogP contribution in [0.5, 0.6) is 0 Å². The van der Waals surface area contributed by atoms with Gasteiger partial charge in [-0.15, -0.1) is 11.3 Å². The monoisotopic (exact) mass is 259 g/mol. The Balaban J connectivity index is 1.85. The first-order valence-corrected chi connectivity index (χ1v) is 7.41. The zero-order valence-corrected chi connectivity index (χ0v) is 11.2. The molecular formula is C15H17NOS. The molecule has 94 valence electrons. The predicted octanol–water partition coefficient (Wildman–Crippen LogP) is 3.45. The Kier molecular flexibility index (Phi) is 3.43. The number of aldehydes is 1. The van der Waals surface area contributed by atoms with E-state index in [9.17, 15) is 4.79 Å². The van der Waals surface area contributed by atoms with Gasteiger partial charge in [0.1, 0.15) is 6.29 Å². The van der Waals surface area contributed by atoms with Gasteiger partial charge in [0.05, 0.1) is 6.04 Å². The molecule has 0 radical (unpaired) electrons. The van der Waals surface area contributed by atoms with Crippen molar-refractivity contribution in [1.29, 1.82) is 0 Å². The molecule has 0 aliphatic carbocycles. The SMILES string of the molecule is O=CC1CCCCN1Cc1csc2ccccc12. The summed E-state index contributed by atoms with van der Waals surface area (Å²) in [5.41, 5.74) is 1.37. The molecule has 2 heterocycles. The van der Waals surface area contributed by atoms with Crippen LogP contribution in [-0.4, -0.2) is 23.8 Å². The highest BCUT2D eigenvalue weighted by Gasteiger charge is 2.22. The number of thiophene rings is 1. The Morgan fingerprint density at radius 1 is 1.33 bits per heavy atom. The maximum Gasteiger partial charge on any atom is 0.137 e. The summed E-state index contributed by atoms with van der Waals surface area (Å²) in [5, 5.41) is 3.58. The Morgan fingerprint density at radius 2 is 2.22 bits per heavy atom. The van der Waals surface area contributed by atoms with Gasteiger partial charge in [-0.1, -0.05) is 24.6 Å². The summed E-state index contributed by atoms with van der Waals surface area (Å²) in [6.45, 7) is 1.96. The van der Waals surface area contributed by atoms with Crippen LogP contribution in [0.3, 0.4) is 0 Å². The van der Waals surface area contributed by atoms with E-state index in [2.05, 4.69) is 34.5 Å². The Labute approximate surface area is 111 Å². The molecule has 1 aromatic carbocycles. The van der Waals surface area contributed by atoms with Crippen LogP contribution in [0.15, 0.2) is 29.6 Å². The summed E-state index contributed by atoms with van der Waals surface area (Å²) >= 11 is 1.80. The Hall–Kier alpha value is -1.19. The molecule has 1 atom stereocenters. The minimum atomic E-state index is 0.123. The maximum atomic E-state index is 11.1. The van der Waals surface area contributed by atoms with Crippen LogP contribution in [0.25, 0.3) is 10.1 Å². The van der Waals surface area contributed by atoms with Crippen molar-refractivity contribution in [2.24, 2.45) is 0 Å². The van der Waals surface area contributed by atoms with Crippen molar-refractivity contribution in [3.63, 3.8) is 0 Å². The van der Waals surface area contributed by atoms with Crippen LogP contribution in [0.1, 0.15) is 24.8 Å². The summed E-state index contributed by atoms with van der Waals surface area (Å²) in [6, 6.07) is 8.64. The normalized spacial score (nSPS) is 21.2. The van der Waals surface area contributed by atoms with Crippen LogP contribution in [0.4, 0.5) is 0 Å². The highest BCUT2D eigenvalue weighted by atomic mass is 32.1. The fourth-order valence-corrected chi connectivity index (χ4v) is 3.70. The molecule has 2 aromatic rings. The van der Waals surface area contributed by atoms with Crippen molar-refractivity contribution < 1.29 is 4.79 Å². The second kappa shape index (κ2) is 5.21. The average molecular weight is 259 g/mol. The van der Waals surface area contributed by atoms with Crippen LogP contribution in [0.2, 0.25) is 0 Å². The molecule has 0 saturated carbocycles. The molecule has 0 amide bonds. The van der Waals surface area contributed by atoms with Crippen LogP contribution in [0, 0.1) is 0 Å². The van der Waals surface area contributed by atoms with Gasteiger partial charge < -0.3 is 4.79 Å². The van der Waals surface area contributed by atoms with Crippen molar-refractivity contribution in [2.75, 3.05) is 6.54 Å². The lowest BCUT2D eigenvalue weighted by atomic mass is 10.0. The summed E-state index contributed by atoms with van der Waals surface area (Å²) in [4.78, 5) is 13.4. The first-order chi connectivity index (χ1) is 8.88. The van der Waals surface area contributed by atoms with E-state index in [-0.39, 0.29) is 6.04 Å². The largest absolute Gasteiger partial charge is 0.302 e. The molecule has 1 unspecified atom stereocenters. The van der Waals surface area contributed by atoms with Crippen molar-refractivity contribution in [3.8, 4) is 0 Å². The van der Waals surface area contributed by atoms with Gasteiger partial charge in [-0.2, -0.15) is 0 Å². The van der Waals surface area contributed by atoms with E-state index in [4.69, 9.17) is 0 Å². The number of carbonyl (C=O) groups excluding carboxylic acids is 1. The summed E-state index contributed by atoms with van der Waals surface area (Å²) in [5.74, 6) is 0. The van der Waals surface area contributed by atoms with Crippen molar-refractivity contribution in [3.05, 3.63) is 35.2 Å². The zero-order valence-electron chi connectivity index (χ0n) is 10.3. The second-order valence-corrected chi connectivity index (χ2v) is 5.84. The second-order valence-electron chi connectivity index (χ2n) is 4.93. The molecule has 3 rings (SSSR count). The molecule has 1 aliphatic rings. The lowest BCUT2D eigenvalue weighted by Gasteiger charge is -2.32. The van der Waals surface area contributed by atoms with Gasteiger partial charge in [-0.3, -0.25) is 4.90 Å². The third-order valence-electron chi connectivity index (χ3n) is 3.76. The third kappa shape index (κ3) is 2.20. The molecule has 18 heavy (non-hydrogen) atoms. The minimum Gasteiger partial charge on any atom is -0.302 e. The van der Waals surface area contributed by atoms with Crippen LogP contribution < -0.4 is 0 Å². The van der Waals surface area contributed by atoms with Gasteiger partial charge in [0.15, 0.2) is 0 Å². The average Bonchev–Trinajstić information content (AvgIpc) is 2.83. The number of hydrogen-bond donors (Lipinski definition) is 0. The fourth-order valence-electron chi connectivity index (χ4n) is 2.74. The molecule has 1 aliphatic heterocycles. The van der Waals surface area contributed by atoms with E-state index < -0.39 is 0 Å². The molecule has 1 fully saturated rings. The van der Waals surface area contributed by atoms with Crippen molar-refractivity contribution in [1.82, 2.24) is 4.90 Å². The summed E-state index contributed by atoms with van der Waals surface area (Å²) in [7, 11) is 0. The number of hydrogen-bond acceptors (Lipinski definition) is 3. The standard InChI is InChI=1S/C15H17NOS/c17-10-13-5-3-4-8-16(13)9-12-11-18-15-7-2-1-6-14(12)15/h1-2,6-7,10-11,13H,3-5,8-9H2. The van der Waals surface area contributed by atoms with E-state index in [0.717, 1.165) is 25.8 Å². The number of fused-ring (bicyclic) bond motifs is 1. The molecule has 3 heteroatoms. The van der Waals surface area contributed by atoms with E-state index >= 15 is 0 Å². The number of nitrogens with zero attached hydrogens (tertiary/aromatic N) is 1. The van der Waals surface area contributed by atoms with E-state index in [0.29, 0.717) is 0 Å². The van der Waals surface area contributed by atoms with Gasteiger partial charge in [0.25, 0.3) is 0 Å². The van der Waals surface area contributed by atoms with Gasteiger partial charge in [0, 0.05) is 11.2 Å². The van der Waals surface area contributed by atoms with E-state index in [1.807, 2.05) is 0 Å². The lowest BCUT2D eigenvalue weighted by Crippen LogP contribution is -2.39. The van der Waals surface area contributed by atoms with Crippen molar-refractivity contribution in [2.45, 2.75) is 31.8 Å². The van der Waals surface area contributed by atoms with Gasteiger partial charge in [-0.25, -0.2) is 0 Å². The first kappa shape index (κ1) is 11.9. The lowest BCUT2D eigenvalue weighted by molar-refractivity contribution is -0.113. The zero-order chi connectivity index (χ0) is 12.4. The highest BCUT2D eigenvalue weighted by Crippen LogP contribution is 2.28. The van der Waals surface area contributed by atoms with Crippen molar-refractivity contribution >= 4 is 27.7 Å². The Morgan fingerprint density at radius 3 is 3.11 bits per heavy atom. The number of benzene rings is 1. The minimum absolute atomic E-state index is 0.123. The van der Waals surface area contributed by atoms with Gasteiger partial charge in [0.2, 0.25) is 0 Å². The molecule has 0 bridgehead atoms. The molecule has 1 saturated heterocycles. The predicted molar refractivity (Wildman–Crippen MR) is 75.9 cm³/mol. The molecule has 1 aromatic heterocycles. The molecule has 0 spiro atoms. The molecule has 2 nitrogen and oxygen atoms in total. The van der Waals surface area contributed by atoms with Crippen LogP contribution in [-0.2, 0) is 11.3 Å². The third-order valence-corrected chi connectivity index (χ3v) is 4.77. The van der Waals surface area contributed by atoms with E-state index in [1.165, 1.54) is 28.5 Å². The molecule has 0 N–H and O–H groups in total. The summed E-state index contributed by atoms with van der Waals surface area (Å²) < 4.78 is 1.34. The van der Waals surface area contributed by atoms with E-state index in [1.54, 1.807) is 11.3 Å². The number of rotatable bonds is 3. The maximum absolute atomic E-state index is 11.1. The topological polar surface area (TPSA) is 20.3 Å². The highest BCUT2D eigenvalue weighted by molar-refractivity contribution is 7.17. The fraction of sp³-hybridized carbons (Fsp3) is 0.400. The molecular weight excluding hydrogens is 242 g/mol. The smallest absolute Gasteiger partial charge is 0.137 e. The Bertz CT molecular complexity index is 548. The van der Waals surface area contributed by atoms with Gasteiger partial charge in [-0.05, 0) is 41.8 Å². The number of carbonyl (C=O) groups is 1. The number of piperidine rings is 1.